The standard InChI is InChI=1S/C36H37N7O7/c1-47-25-12-23(13-26(14-25)48-2)35(46)42-30-32(45)29(17-44)50-36(30)43-20-41-31-33(39-19-40-34(31)43)37-11-10-22-16-38-28-9-8-24(15-27(22)28)49-18-21-6-4-3-5-7-21/h3-9,12-16,19-20,29-30,32,36,38,44-45H,10-11,17-18H2,1-2H3,(H,42,46)(H,37,39,40)/t29-,30-,32-,36-/m1/s1. The number of amides is 1. The average molecular weight is 680 g/mol. The Morgan fingerprint density at radius 1 is 1.00 bits per heavy atom. The molecule has 4 atom stereocenters. The van der Waals surface area contributed by atoms with Crippen LogP contribution in [0.15, 0.2) is 85.6 Å². The zero-order valence-electron chi connectivity index (χ0n) is 27.4. The van der Waals surface area contributed by atoms with E-state index in [0.717, 1.165) is 27.8 Å². The van der Waals surface area contributed by atoms with E-state index in [1.807, 2.05) is 54.7 Å². The van der Waals surface area contributed by atoms with E-state index >= 15 is 0 Å². The number of methoxy groups -OCH3 is 2. The summed E-state index contributed by atoms with van der Waals surface area (Å²) in [7, 11) is 2.98. The summed E-state index contributed by atoms with van der Waals surface area (Å²) in [5, 5.41) is 28.3. The third-order valence-corrected chi connectivity index (χ3v) is 8.77. The summed E-state index contributed by atoms with van der Waals surface area (Å²) >= 11 is 0. The van der Waals surface area contributed by atoms with Gasteiger partial charge in [-0.1, -0.05) is 30.3 Å². The molecule has 1 amide bonds. The Bertz CT molecular complexity index is 2080. The van der Waals surface area contributed by atoms with Crippen LogP contribution in [0.25, 0.3) is 22.1 Å². The molecule has 0 unspecified atom stereocenters. The van der Waals surface area contributed by atoms with Gasteiger partial charge in [0.2, 0.25) is 0 Å². The van der Waals surface area contributed by atoms with E-state index in [9.17, 15) is 15.0 Å². The second kappa shape index (κ2) is 14.4. The van der Waals surface area contributed by atoms with Gasteiger partial charge in [0, 0.05) is 35.3 Å². The predicted octanol–water partition coefficient (Wildman–Crippen LogP) is 3.61. The number of benzene rings is 3. The van der Waals surface area contributed by atoms with Crippen molar-refractivity contribution in [3.05, 3.63) is 102 Å². The highest BCUT2D eigenvalue weighted by atomic mass is 16.5. The van der Waals surface area contributed by atoms with Crippen LogP contribution in [-0.4, -0.2) is 86.2 Å². The Morgan fingerprint density at radius 3 is 2.56 bits per heavy atom. The van der Waals surface area contributed by atoms with Crippen molar-refractivity contribution in [3.63, 3.8) is 0 Å². The Kier molecular flexibility index (Phi) is 9.47. The molecule has 7 rings (SSSR count). The summed E-state index contributed by atoms with van der Waals surface area (Å²) in [5.74, 6) is 1.68. The van der Waals surface area contributed by atoms with Gasteiger partial charge in [0.25, 0.3) is 5.91 Å². The van der Waals surface area contributed by atoms with Crippen LogP contribution in [0, 0.1) is 0 Å². The lowest BCUT2D eigenvalue weighted by Crippen LogP contribution is -2.46. The fraction of sp³-hybridized carbons (Fsp3) is 0.278. The van der Waals surface area contributed by atoms with Crippen LogP contribution in [-0.2, 0) is 17.8 Å². The van der Waals surface area contributed by atoms with Crippen molar-refractivity contribution < 1.29 is 34.0 Å². The Morgan fingerprint density at radius 2 is 1.80 bits per heavy atom. The van der Waals surface area contributed by atoms with Crippen molar-refractivity contribution in [1.82, 2.24) is 29.8 Å². The highest BCUT2D eigenvalue weighted by Crippen LogP contribution is 2.33. The first-order valence-electron chi connectivity index (χ1n) is 16.1. The first-order chi connectivity index (χ1) is 24.4. The molecule has 3 aromatic carbocycles. The van der Waals surface area contributed by atoms with E-state index < -0.39 is 37.0 Å². The van der Waals surface area contributed by atoms with Crippen molar-refractivity contribution in [3.8, 4) is 17.2 Å². The SMILES string of the molecule is COc1cc(OC)cc(C(=O)N[C@@H]2[C@H](O)[C@@H](CO)O[C@H]2n2cnc3c(NCCc4c[nH]c5ccc(OCc6ccccc6)cc45)ncnc32)c1. The number of aromatic amines is 1. The first kappa shape index (κ1) is 32.8. The van der Waals surface area contributed by atoms with Gasteiger partial charge in [-0.3, -0.25) is 9.36 Å². The number of aromatic nitrogens is 5. The van der Waals surface area contributed by atoms with Crippen molar-refractivity contribution in [2.24, 2.45) is 0 Å². The number of anilines is 1. The number of aliphatic hydroxyl groups is 2. The zero-order valence-corrected chi connectivity index (χ0v) is 27.4. The molecule has 14 nitrogen and oxygen atoms in total. The number of carbonyl (C=O) groups is 1. The fourth-order valence-corrected chi connectivity index (χ4v) is 6.14. The Labute approximate surface area is 287 Å². The molecule has 4 heterocycles. The van der Waals surface area contributed by atoms with E-state index in [1.54, 1.807) is 22.8 Å². The second-order valence-corrected chi connectivity index (χ2v) is 11.9. The number of fused-ring (bicyclic) bond motifs is 2. The topological polar surface area (TPSA) is 178 Å². The van der Waals surface area contributed by atoms with Gasteiger partial charge in [-0.25, -0.2) is 15.0 Å². The number of carbonyl (C=O) groups excluding carboxylic acids is 1. The molecular weight excluding hydrogens is 642 g/mol. The summed E-state index contributed by atoms with van der Waals surface area (Å²) in [6, 6.07) is 19.9. The number of hydrogen-bond donors (Lipinski definition) is 5. The lowest BCUT2D eigenvalue weighted by atomic mass is 10.1. The number of H-pyrrole nitrogens is 1. The number of hydrogen-bond acceptors (Lipinski definition) is 11. The number of imidazole rings is 1. The molecule has 0 spiro atoms. The van der Waals surface area contributed by atoms with Crippen molar-refractivity contribution in [2.45, 2.75) is 37.5 Å². The lowest BCUT2D eigenvalue weighted by molar-refractivity contribution is -0.0440. The maximum absolute atomic E-state index is 13.4. The molecule has 14 heteroatoms. The number of aliphatic hydroxyl groups excluding tert-OH is 2. The molecule has 258 valence electrons. The second-order valence-electron chi connectivity index (χ2n) is 11.9. The van der Waals surface area contributed by atoms with Gasteiger partial charge in [0.15, 0.2) is 23.2 Å². The highest BCUT2D eigenvalue weighted by Gasteiger charge is 2.46. The maximum atomic E-state index is 13.4. The van der Waals surface area contributed by atoms with Crippen molar-refractivity contribution >= 4 is 33.8 Å². The summed E-state index contributed by atoms with van der Waals surface area (Å²) < 4.78 is 24.3. The Hall–Kier alpha value is -5.70. The largest absolute Gasteiger partial charge is 0.497 e. The molecule has 1 aliphatic heterocycles. The minimum absolute atomic E-state index is 0.259. The van der Waals surface area contributed by atoms with Crippen LogP contribution in [0.3, 0.4) is 0 Å². The molecule has 1 saturated heterocycles. The highest BCUT2D eigenvalue weighted by molar-refractivity contribution is 5.95. The molecule has 1 fully saturated rings. The van der Waals surface area contributed by atoms with E-state index in [2.05, 4.69) is 30.6 Å². The molecule has 1 aliphatic rings. The van der Waals surface area contributed by atoms with Crippen LogP contribution in [0.1, 0.15) is 27.7 Å². The number of ether oxygens (including phenoxy) is 4. The summed E-state index contributed by atoms with van der Waals surface area (Å²) in [5.41, 5.74) is 4.40. The van der Waals surface area contributed by atoms with Gasteiger partial charge in [-0.15, -0.1) is 0 Å². The third-order valence-electron chi connectivity index (χ3n) is 8.77. The van der Waals surface area contributed by atoms with Gasteiger partial charge >= 0.3 is 0 Å². The zero-order chi connectivity index (χ0) is 34.6. The maximum Gasteiger partial charge on any atom is 0.252 e. The summed E-state index contributed by atoms with van der Waals surface area (Å²) in [4.78, 5) is 30.2. The Balaban J connectivity index is 1.06. The minimum Gasteiger partial charge on any atom is -0.497 e. The monoisotopic (exact) mass is 679 g/mol. The predicted molar refractivity (Wildman–Crippen MR) is 184 cm³/mol. The fourth-order valence-electron chi connectivity index (χ4n) is 6.14. The molecule has 0 bridgehead atoms. The lowest BCUT2D eigenvalue weighted by Gasteiger charge is -2.23. The molecule has 5 N–H and O–H groups in total. The molecule has 50 heavy (non-hydrogen) atoms. The quantitative estimate of drug-likeness (QED) is 0.121. The molecule has 0 aliphatic carbocycles. The molecule has 0 radical (unpaired) electrons. The minimum atomic E-state index is -1.22. The van der Waals surface area contributed by atoms with Crippen LogP contribution >= 0.6 is 0 Å². The third kappa shape index (κ3) is 6.63. The van der Waals surface area contributed by atoms with E-state index in [4.69, 9.17) is 18.9 Å². The van der Waals surface area contributed by atoms with Crippen LogP contribution in [0.5, 0.6) is 17.2 Å². The van der Waals surface area contributed by atoms with Crippen molar-refractivity contribution in [2.75, 3.05) is 32.7 Å². The van der Waals surface area contributed by atoms with Crippen LogP contribution in [0.2, 0.25) is 0 Å². The van der Waals surface area contributed by atoms with Crippen molar-refractivity contribution in [1.29, 1.82) is 0 Å². The normalized spacial score (nSPS) is 18.7. The van der Waals surface area contributed by atoms with Gasteiger partial charge in [-0.05, 0) is 47.9 Å². The molecule has 6 aromatic rings. The van der Waals surface area contributed by atoms with E-state index in [1.165, 1.54) is 26.9 Å². The smallest absolute Gasteiger partial charge is 0.252 e. The van der Waals surface area contributed by atoms with Crippen LogP contribution in [0.4, 0.5) is 5.82 Å². The molecule has 0 saturated carbocycles. The van der Waals surface area contributed by atoms with Gasteiger partial charge in [0.05, 0.1) is 27.2 Å². The average Bonchev–Trinajstić information content (AvgIpc) is 3.86. The van der Waals surface area contributed by atoms with Gasteiger partial charge in [0.1, 0.15) is 48.4 Å². The number of rotatable bonds is 13. The molecular formula is C36H37N7O7. The molecule has 3 aromatic heterocycles. The summed E-state index contributed by atoms with van der Waals surface area (Å²) in [6.45, 7) is 0.578. The van der Waals surface area contributed by atoms with Gasteiger partial charge < -0.3 is 44.8 Å². The summed E-state index contributed by atoms with van der Waals surface area (Å²) in [6.07, 6.45) is 2.50. The first-order valence-corrected chi connectivity index (χ1v) is 16.1. The van der Waals surface area contributed by atoms with E-state index in [-0.39, 0.29) is 5.56 Å². The number of nitrogens with one attached hydrogen (secondary N) is 3. The number of nitrogens with zero attached hydrogens (tertiary/aromatic N) is 4. The van der Waals surface area contributed by atoms with E-state index in [0.29, 0.717) is 48.1 Å². The van der Waals surface area contributed by atoms with Crippen LogP contribution < -0.4 is 24.8 Å². The van der Waals surface area contributed by atoms with Gasteiger partial charge in [-0.2, -0.15) is 0 Å².